The molecule has 0 bridgehead atoms. The van der Waals surface area contributed by atoms with Gasteiger partial charge in [0.15, 0.2) is 0 Å². The van der Waals surface area contributed by atoms with Crippen molar-refractivity contribution in [2.24, 2.45) is 11.1 Å². The number of nitrogens with two attached hydrogens (primary N) is 1. The van der Waals surface area contributed by atoms with Crippen LogP contribution in [0.5, 0.6) is 0 Å². The Morgan fingerprint density at radius 3 is 2.38 bits per heavy atom. The second-order valence-electron chi connectivity index (χ2n) is 5.66. The van der Waals surface area contributed by atoms with Crippen molar-refractivity contribution in [3.63, 3.8) is 0 Å². The van der Waals surface area contributed by atoms with E-state index < -0.39 is 11.5 Å². The molecule has 1 rings (SSSR count). The number of hydrogen-bond acceptors (Lipinski definition) is 3. The van der Waals surface area contributed by atoms with Crippen molar-refractivity contribution < 1.29 is 9.59 Å². The molecule has 0 aromatic heterocycles. The predicted octanol–water partition coefficient (Wildman–Crippen LogP) is 1.60. The SMILES string of the molecule is CCCC(CCC)(C(=O)N1CCNC(=O)C1CC)C(N)=S. The van der Waals surface area contributed by atoms with Crippen molar-refractivity contribution in [1.82, 2.24) is 10.2 Å². The molecule has 1 heterocycles. The first-order chi connectivity index (χ1) is 9.94. The van der Waals surface area contributed by atoms with E-state index in [2.05, 4.69) is 5.32 Å². The number of thiocarbonyl (C=S) groups is 1. The van der Waals surface area contributed by atoms with Gasteiger partial charge in [-0.2, -0.15) is 0 Å². The van der Waals surface area contributed by atoms with Gasteiger partial charge in [0, 0.05) is 13.1 Å². The van der Waals surface area contributed by atoms with E-state index in [1.54, 1.807) is 4.90 Å². The first-order valence-corrected chi connectivity index (χ1v) is 8.24. The van der Waals surface area contributed by atoms with Crippen molar-refractivity contribution in [2.75, 3.05) is 13.1 Å². The van der Waals surface area contributed by atoms with Crippen LogP contribution >= 0.6 is 12.2 Å². The number of carbonyl (C=O) groups excluding carboxylic acids is 2. The van der Waals surface area contributed by atoms with Crippen LogP contribution in [-0.4, -0.2) is 40.8 Å². The highest BCUT2D eigenvalue weighted by Gasteiger charge is 2.45. The van der Waals surface area contributed by atoms with Crippen LogP contribution in [0, 0.1) is 5.41 Å². The number of nitrogens with one attached hydrogen (secondary N) is 1. The molecule has 120 valence electrons. The molecule has 21 heavy (non-hydrogen) atoms. The van der Waals surface area contributed by atoms with Crippen LogP contribution in [0.3, 0.4) is 0 Å². The summed E-state index contributed by atoms with van der Waals surface area (Å²) in [5.74, 6) is -0.151. The number of piperazine rings is 1. The van der Waals surface area contributed by atoms with Crippen LogP contribution in [0.25, 0.3) is 0 Å². The highest BCUT2D eigenvalue weighted by atomic mass is 32.1. The fourth-order valence-corrected chi connectivity index (χ4v) is 3.47. The molecule has 1 unspecified atom stereocenters. The van der Waals surface area contributed by atoms with Gasteiger partial charge < -0.3 is 16.0 Å². The molecule has 0 aromatic carbocycles. The van der Waals surface area contributed by atoms with E-state index in [4.69, 9.17) is 18.0 Å². The lowest BCUT2D eigenvalue weighted by Crippen LogP contribution is -2.61. The third kappa shape index (κ3) is 3.54. The van der Waals surface area contributed by atoms with Gasteiger partial charge in [0.1, 0.15) is 6.04 Å². The van der Waals surface area contributed by atoms with Crippen LogP contribution in [0.2, 0.25) is 0 Å². The molecule has 1 atom stereocenters. The van der Waals surface area contributed by atoms with E-state index in [-0.39, 0.29) is 16.8 Å². The van der Waals surface area contributed by atoms with Crippen LogP contribution < -0.4 is 11.1 Å². The van der Waals surface area contributed by atoms with Crippen LogP contribution in [0.4, 0.5) is 0 Å². The van der Waals surface area contributed by atoms with Crippen LogP contribution in [0.1, 0.15) is 52.9 Å². The molecule has 1 aliphatic heterocycles. The first kappa shape index (κ1) is 17.9. The fourth-order valence-electron chi connectivity index (χ4n) is 3.18. The van der Waals surface area contributed by atoms with Gasteiger partial charge in [0.25, 0.3) is 0 Å². The third-order valence-corrected chi connectivity index (χ3v) is 4.60. The highest BCUT2D eigenvalue weighted by molar-refractivity contribution is 7.80. The first-order valence-electron chi connectivity index (χ1n) is 7.83. The topological polar surface area (TPSA) is 75.4 Å². The monoisotopic (exact) mass is 313 g/mol. The Hall–Kier alpha value is -1.17. The Balaban J connectivity index is 3.13. The molecule has 2 amide bonds. The minimum absolute atomic E-state index is 0.0691. The summed E-state index contributed by atoms with van der Waals surface area (Å²) in [7, 11) is 0. The van der Waals surface area contributed by atoms with Gasteiger partial charge in [-0.15, -0.1) is 0 Å². The van der Waals surface area contributed by atoms with E-state index in [0.717, 1.165) is 12.8 Å². The normalized spacial score (nSPS) is 19.3. The molecule has 1 saturated heterocycles. The molecule has 1 fully saturated rings. The van der Waals surface area contributed by atoms with E-state index in [0.29, 0.717) is 32.4 Å². The summed E-state index contributed by atoms with van der Waals surface area (Å²) in [6.07, 6.45) is 3.55. The van der Waals surface area contributed by atoms with E-state index in [9.17, 15) is 9.59 Å². The molecule has 0 radical (unpaired) electrons. The van der Waals surface area contributed by atoms with Crippen molar-refractivity contribution >= 4 is 29.0 Å². The van der Waals surface area contributed by atoms with Gasteiger partial charge in [-0.25, -0.2) is 0 Å². The smallest absolute Gasteiger partial charge is 0.242 e. The lowest BCUT2D eigenvalue weighted by Gasteiger charge is -2.41. The number of rotatable bonds is 7. The average molecular weight is 313 g/mol. The number of hydrogen-bond donors (Lipinski definition) is 2. The van der Waals surface area contributed by atoms with Crippen molar-refractivity contribution in [3.8, 4) is 0 Å². The zero-order valence-corrected chi connectivity index (χ0v) is 14.1. The van der Waals surface area contributed by atoms with Gasteiger partial charge in [-0.1, -0.05) is 45.8 Å². The summed E-state index contributed by atoms with van der Waals surface area (Å²) in [6.45, 7) is 6.98. The second-order valence-corrected chi connectivity index (χ2v) is 6.10. The van der Waals surface area contributed by atoms with Gasteiger partial charge in [-0.05, 0) is 19.3 Å². The van der Waals surface area contributed by atoms with Crippen molar-refractivity contribution in [1.29, 1.82) is 0 Å². The van der Waals surface area contributed by atoms with Crippen molar-refractivity contribution in [2.45, 2.75) is 58.9 Å². The summed E-state index contributed by atoms with van der Waals surface area (Å²) in [4.78, 5) is 27.1. The van der Waals surface area contributed by atoms with Crippen molar-refractivity contribution in [3.05, 3.63) is 0 Å². The van der Waals surface area contributed by atoms with E-state index in [1.165, 1.54) is 0 Å². The minimum atomic E-state index is -0.802. The Morgan fingerprint density at radius 1 is 1.38 bits per heavy atom. The lowest BCUT2D eigenvalue weighted by atomic mass is 9.77. The maximum absolute atomic E-state index is 13.1. The van der Waals surface area contributed by atoms with Gasteiger partial charge in [-0.3, -0.25) is 9.59 Å². The maximum atomic E-state index is 13.1. The standard InChI is InChI=1S/C15H27N3O2S/c1-4-7-15(8-5-2,13(16)21)14(20)18-10-9-17-12(19)11(18)6-3/h11H,4-10H2,1-3H3,(H2,16,21)(H,17,19). The second kappa shape index (κ2) is 7.73. The molecule has 0 aliphatic carbocycles. The van der Waals surface area contributed by atoms with Crippen LogP contribution in [-0.2, 0) is 9.59 Å². The third-order valence-electron chi connectivity index (χ3n) is 4.21. The molecule has 0 saturated carbocycles. The maximum Gasteiger partial charge on any atom is 0.242 e. The highest BCUT2D eigenvalue weighted by Crippen LogP contribution is 2.34. The zero-order chi connectivity index (χ0) is 16.0. The molecular formula is C15H27N3O2S. The number of amides is 2. The molecular weight excluding hydrogens is 286 g/mol. The summed E-state index contributed by atoms with van der Waals surface area (Å²) >= 11 is 5.24. The molecule has 3 N–H and O–H groups in total. The van der Waals surface area contributed by atoms with E-state index in [1.807, 2.05) is 20.8 Å². The summed E-state index contributed by atoms with van der Waals surface area (Å²) in [6, 6.07) is -0.409. The zero-order valence-electron chi connectivity index (χ0n) is 13.3. The summed E-state index contributed by atoms with van der Waals surface area (Å²) in [5, 5.41) is 2.82. The Morgan fingerprint density at radius 2 is 1.95 bits per heavy atom. The van der Waals surface area contributed by atoms with E-state index >= 15 is 0 Å². The summed E-state index contributed by atoms with van der Waals surface area (Å²) in [5.41, 5.74) is 5.15. The number of carbonyl (C=O) groups is 2. The molecule has 0 spiro atoms. The molecule has 1 aliphatic rings. The largest absolute Gasteiger partial charge is 0.392 e. The minimum Gasteiger partial charge on any atom is -0.392 e. The lowest BCUT2D eigenvalue weighted by molar-refractivity contribution is -0.149. The molecule has 6 heteroatoms. The average Bonchev–Trinajstić information content (AvgIpc) is 2.45. The fraction of sp³-hybridized carbons (Fsp3) is 0.800. The van der Waals surface area contributed by atoms with Gasteiger partial charge in [0.05, 0.1) is 10.4 Å². The van der Waals surface area contributed by atoms with Gasteiger partial charge >= 0.3 is 0 Å². The Kier molecular flexibility index (Phi) is 6.58. The number of nitrogens with zero attached hydrogens (tertiary/aromatic N) is 1. The summed E-state index contributed by atoms with van der Waals surface area (Å²) < 4.78 is 0. The quantitative estimate of drug-likeness (QED) is 0.700. The Labute approximate surface area is 132 Å². The Bertz CT molecular complexity index is 406. The van der Waals surface area contributed by atoms with Gasteiger partial charge in [0.2, 0.25) is 11.8 Å². The molecule has 5 nitrogen and oxygen atoms in total. The predicted molar refractivity (Wildman–Crippen MR) is 87.8 cm³/mol. The van der Waals surface area contributed by atoms with Crippen LogP contribution in [0.15, 0.2) is 0 Å². The molecule has 0 aromatic rings.